The largest absolute Gasteiger partial charge is 0.505 e. The Morgan fingerprint density at radius 1 is 1.00 bits per heavy atom. The van der Waals surface area contributed by atoms with Gasteiger partial charge >= 0.3 is 0 Å². The molecule has 0 amide bonds. The molecule has 1 heterocycles. The number of ether oxygens (including phenoxy) is 1. The van der Waals surface area contributed by atoms with Crippen molar-refractivity contribution >= 4 is 28.7 Å². The average Bonchev–Trinajstić information content (AvgIpc) is 3.09. The molecule has 0 radical (unpaired) electrons. The summed E-state index contributed by atoms with van der Waals surface area (Å²) in [4.78, 5) is 1.38. The molecule has 5 nitrogen and oxygen atoms in total. The summed E-state index contributed by atoms with van der Waals surface area (Å²) in [6.07, 6.45) is 1.79. The fraction of sp³-hybridized carbons (Fsp3) is 0.0476. The van der Waals surface area contributed by atoms with E-state index in [1.807, 2.05) is 24.3 Å². The lowest BCUT2D eigenvalue weighted by atomic mass is 10.1. The van der Waals surface area contributed by atoms with Gasteiger partial charge in [-0.25, -0.2) is 0 Å². The van der Waals surface area contributed by atoms with Crippen LogP contribution in [0.1, 0.15) is 11.1 Å². The molecular weight excluding hydrogens is 362 g/mol. The minimum absolute atomic E-state index is 0.0286. The first kappa shape index (κ1) is 17.1. The van der Waals surface area contributed by atoms with Gasteiger partial charge in [0, 0.05) is 11.1 Å². The first-order chi connectivity index (χ1) is 13.1. The van der Waals surface area contributed by atoms with E-state index in [4.69, 9.17) is 16.3 Å². The van der Waals surface area contributed by atoms with Crippen LogP contribution < -0.4 is 4.74 Å². The van der Waals surface area contributed by atoms with Crippen LogP contribution in [0.3, 0.4) is 0 Å². The van der Waals surface area contributed by atoms with Gasteiger partial charge in [-0.2, -0.15) is 0 Å². The minimum Gasteiger partial charge on any atom is -0.505 e. The van der Waals surface area contributed by atoms with Gasteiger partial charge in [-0.05, 0) is 41.5 Å². The predicted molar refractivity (Wildman–Crippen MR) is 106 cm³/mol. The van der Waals surface area contributed by atoms with E-state index in [1.54, 1.807) is 42.5 Å². The highest BCUT2D eigenvalue weighted by Crippen LogP contribution is 2.27. The number of phenolic OH excluding ortho intramolecular Hbond substituents is 1. The first-order valence-electron chi connectivity index (χ1n) is 8.32. The van der Waals surface area contributed by atoms with Crippen molar-refractivity contribution < 1.29 is 9.84 Å². The number of hydrogen-bond donors (Lipinski definition) is 1. The molecule has 134 valence electrons. The maximum atomic E-state index is 10.4. The van der Waals surface area contributed by atoms with Crippen LogP contribution in [0, 0.1) is 0 Å². The predicted octanol–water partition coefficient (Wildman–Crippen LogP) is 5.00. The van der Waals surface area contributed by atoms with Gasteiger partial charge in [0.25, 0.3) is 0 Å². The van der Waals surface area contributed by atoms with Crippen LogP contribution in [-0.2, 0) is 6.61 Å². The molecule has 27 heavy (non-hydrogen) atoms. The van der Waals surface area contributed by atoms with Crippen molar-refractivity contribution in [3.63, 3.8) is 0 Å². The molecule has 0 fully saturated rings. The highest BCUT2D eigenvalue weighted by molar-refractivity contribution is 6.31. The van der Waals surface area contributed by atoms with Gasteiger partial charge in [-0.15, -0.1) is 15.0 Å². The molecular formula is C21H16ClN3O2. The van der Waals surface area contributed by atoms with Gasteiger partial charge in [0.05, 0.1) is 0 Å². The second-order valence-corrected chi connectivity index (χ2v) is 6.44. The van der Waals surface area contributed by atoms with Crippen molar-refractivity contribution in [3.8, 4) is 17.2 Å². The summed E-state index contributed by atoms with van der Waals surface area (Å²) >= 11 is 5.98. The van der Waals surface area contributed by atoms with Gasteiger partial charge in [-0.1, -0.05) is 48.5 Å². The van der Waals surface area contributed by atoms with E-state index in [1.165, 1.54) is 4.80 Å². The van der Waals surface area contributed by atoms with E-state index < -0.39 is 0 Å². The van der Waals surface area contributed by atoms with Crippen molar-refractivity contribution in [2.75, 3.05) is 0 Å². The SMILES string of the molecule is C=Cc1ccc(COc2ccc(-n3nc4ccc(Cl)cc4n3)c(O)c2)cc1. The van der Waals surface area contributed by atoms with E-state index in [0.717, 1.165) is 11.1 Å². The Kier molecular flexibility index (Phi) is 4.52. The van der Waals surface area contributed by atoms with Gasteiger partial charge < -0.3 is 9.84 Å². The number of rotatable bonds is 5. The molecule has 0 unspecified atom stereocenters. The number of hydrogen-bond acceptors (Lipinski definition) is 4. The summed E-state index contributed by atoms with van der Waals surface area (Å²) in [7, 11) is 0. The Hall–Kier alpha value is -3.31. The lowest BCUT2D eigenvalue weighted by Gasteiger charge is -2.09. The number of fused-ring (bicyclic) bond motifs is 1. The molecule has 0 bridgehead atoms. The minimum atomic E-state index is 0.0286. The molecule has 0 saturated carbocycles. The van der Waals surface area contributed by atoms with Crippen molar-refractivity contribution in [1.29, 1.82) is 0 Å². The quantitative estimate of drug-likeness (QED) is 0.531. The van der Waals surface area contributed by atoms with Crippen molar-refractivity contribution in [2.45, 2.75) is 6.61 Å². The van der Waals surface area contributed by atoms with E-state index in [0.29, 0.717) is 34.1 Å². The summed E-state index contributed by atoms with van der Waals surface area (Å²) < 4.78 is 5.76. The van der Waals surface area contributed by atoms with Gasteiger partial charge in [0.15, 0.2) is 0 Å². The molecule has 0 spiro atoms. The molecule has 6 heteroatoms. The summed E-state index contributed by atoms with van der Waals surface area (Å²) in [5, 5.41) is 19.7. The summed E-state index contributed by atoms with van der Waals surface area (Å²) in [5.74, 6) is 0.588. The summed E-state index contributed by atoms with van der Waals surface area (Å²) in [6, 6.07) is 18.2. The van der Waals surface area contributed by atoms with Crippen LogP contribution >= 0.6 is 11.6 Å². The number of phenols is 1. The zero-order valence-electron chi connectivity index (χ0n) is 14.3. The van der Waals surface area contributed by atoms with Gasteiger partial charge in [0.2, 0.25) is 0 Å². The Balaban J connectivity index is 1.53. The second kappa shape index (κ2) is 7.13. The van der Waals surface area contributed by atoms with Crippen molar-refractivity contribution in [1.82, 2.24) is 15.0 Å². The number of benzene rings is 3. The van der Waals surface area contributed by atoms with E-state index >= 15 is 0 Å². The molecule has 0 atom stereocenters. The lowest BCUT2D eigenvalue weighted by molar-refractivity contribution is 0.304. The van der Waals surface area contributed by atoms with Crippen LogP contribution in [0.15, 0.2) is 67.2 Å². The normalized spacial score (nSPS) is 10.9. The van der Waals surface area contributed by atoms with E-state index in [-0.39, 0.29) is 5.75 Å². The van der Waals surface area contributed by atoms with Crippen LogP contribution in [0.4, 0.5) is 0 Å². The molecule has 1 N–H and O–H groups in total. The fourth-order valence-electron chi connectivity index (χ4n) is 2.67. The highest BCUT2D eigenvalue weighted by Gasteiger charge is 2.10. The van der Waals surface area contributed by atoms with Gasteiger partial charge in [-0.3, -0.25) is 0 Å². The van der Waals surface area contributed by atoms with Crippen LogP contribution in [-0.4, -0.2) is 20.1 Å². The van der Waals surface area contributed by atoms with Crippen molar-refractivity contribution in [2.24, 2.45) is 0 Å². The molecule has 0 saturated heterocycles. The number of nitrogens with zero attached hydrogens (tertiary/aromatic N) is 3. The van der Waals surface area contributed by atoms with Crippen molar-refractivity contribution in [3.05, 3.63) is 83.4 Å². The van der Waals surface area contributed by atoms with E-state index in [2.05, 4.69) is 16.8 Å². The molecule has 1 aromatic heterocycles. The van der Waals surface area contributed by atoms with Crippen LogP contribution in [0.2, 0.25) is 5.02 Å². The zero-order chi connectivity index (χ0) is 18.8. The average molecular weight is 378 g/mol. The third kappa shape index (κ3) is 3.64. The first-order valence-corrected chi connectivity index (χ1v) is 8.70. The number of aromatic nitrogens is 3. The van der Waals surface area contributed by atoms with Gasteiger partial charge in [0.1, 0.15) is 34.8 Å². The monoisotopic (exact) mass is 377 g/mol. The molecule has 0 aliphatic rings. The number of aromatic hydroxyl groups is 1. The molecule has 3 aromatic carbocycles. The number of halogens is 1. The second-order valence-electron chi connectivity index (χ2n) is 6.01. The van der Waals surface area contributed by atoms with E-state index in [9.17, 15) is 5.11 Å². The molecule has 4 rings (SSSR count). The van der Waals surface area contributed by atoms with Crippen LogP contribution in [0.5, 0.6) is 11.5 Å². The smallest absolute Gasteiger partial charge is 0.146 e. The summed E-state index contributed by atoms with van der Waals surface area (Å²) in [6.45, 7) is 4.14. The molecule has 4 aromatic rings. The maximum absolute atomic E-state index is 10.4. The molecule has 0 aliphatic heterocycles. The third-order valence-corrected chi connectivity index (χ3v) is 4.36. The third-order valence-electron chi connectivity index (χ3n) is 4.13. The maximum Gasteiger partial charge on any atom is 0.146 e. The molecule has 0 aliphatic carbocycles. The zero-order valence-corrected chi connectivity index (χ0v) is 15.1. The lowest BCUT2D eigenvalue weighted by Crippen LogP contribution is -2.00. The summed E-state index contributed by atoms with van der Waals surface area (Å²) in [5.41, 5.74) is 3.90. The van der Waals surface area contributed by atoms with Crippen LogP contribution in [0.25, 0.3) is 22.8 Å². The highest BCUT2D eigenvalue weighted by atomic mass is 35.5. The Bertz CT molecular complexity index is 1120. The Morgan fingerprint density at radius 2 is 1.78 bits per heavy atom. The topological polar surface area (TPSA) is 60.2 Å². The standard InChI is InChI=1S/C21H16ClN3O2/c1-2-14-3-5-15(6-4-14)13-27-17-8-10-20(21(26)12-17)25-23-18-9-7-16(22)11-19(18)24-25/h2-12,26H,1,13H2. The fourth-order valence-corrected chi connectivity index (χ4v) is 2.84. The Labute approximate surface area is 161 Å². The Morgan fingerprint density at radius 3 is 2.52 bits per heavy atom.